The number of aryl methyl sites for hydroxylation is 1. The summed E-state index contributed by atoms with van der Waals surface area (Å²) >= 11 is 0. The quantitative estimate of drug-likeness (QED) is 0.763. The number of aliphatic hydroxyl groups excluding tert-OH is 1. The maximum Gasteiger partial charge on any atom is 0.227 e. The van der Waals surface area contributed by atoms with Crippen LogP contribution >= 0.6 is 0 Å². The summed E-state index contributed by atoms with van der Waals surface area (Å²) in [7, 11) is 0. The molecule has 102 valence electrons. The number of nitrogens with zero attached hydrogens (tertiary/aromatic N) is 1. The van der Waals surface area contributed by atoms with E-state index in [1.54, 1.807) is 0 Å². The van der Waals surface area contributed by atoms with Gasteiger partial charge in [-0.2, -0.15) is 0 Å². The van der Waals surface area contributed by atoms with Crippen LogP contribution in [0.5, 0.6) is 0 Å². The van der Waals surface area contributed by atoms with Gasteiger partial charge in [-0.05, 0) is 42.8 Å². The fraction of sp³-hybridized carbons (Fsp3) is 0.188. The molecular formula is C16H16N2O2. The molecule has 0 aliphatic heterocycles. The number of aromatic nitrogens is 1. The number of fused-ring (bicyclic) bond motifs is 1. The number of hydrogen-bond donors (Lipinski definition) is 2. The topological polar surface area (TPSA) is 58.3 Å². The second-order valence-electron chi connectivity index (χ2n) is 4.67. The van der Waals surface area contributed by atoms with Gasteiger partial charge in [-0.3, -0.25) is 0 Å². The molecule has 1 heterocycles. The first-order chi connectivity index (χ1) is 9.78. The van der Waals surface area contributed by atoms with E-state index in [9.17, 15) is 0 Å². The molecule has 0 spiro atoms. The van der Waals surface area contributed by atoms with Crippen LogP contribution in [0.25, 0.3) is 22.6 Å². The summed E-state index contributed by atoms with van der Waals surface area (Å²) in [6, 6.07) is 13.7. The van der Waals surface area contributed by atoms with Crippen molar-refractivity contribution in [2.75, 3.05) is 18.5 Å². The number of hydrogen-bond acceptors (Lipinski definition) is 4. The minimum absolute atomic E-state index is 0.117. The molecule has 0 radical (unpaired) electrons. The van der Waals surface area contributed by atoms with Gasteiger partial charge >= 0.3 is 0 Å². The molecule has 0 unspecified atom stereocenters. The van der Waals surface area contributed by atoms with Crippen molar-refractivity contribution in [2.45, 2.75) is 6.92 Å². The van der Waals surface area contributed by atoms with Crippen LogP contribution in [-0.2, 0) is 0 Å². The second-order valence-corrected chi connectivity index (χ2v) is 4.67. The molecule has 4 heteroatoms. The van der Waals surface area contributed by atoms with Gasteiger partial charge in [0.2, 0.25) is 5.89 Å². The number of benzene rings is 2. The van der Waals surface area contributed by atoms with Gasteiger partial charge in [0.1, 0.15) is 5.52 Å². The van der Waals surface area contributed by atoms with Crippen molar-refractivity contribution in [1.82, 2.24) is 4.98 Å². The van der Waals surface area contributed by atoms with Gasteiger partial charge in [-0.15, -0.1) is 0 Å². The molecule has 0 saturated heterocycles. The summed E-state index contributed by atoms with van der Waals surface area (Å²) in [6.45, 7) is 2.68. The van der Waals surface area contributed by atoms with E-state index in [-0.39, 0.29) is 6.61 Å². The van der Waals surface area contributed by atoms with Crippen molar-refractivity contribution in [1.29, 1.82) is 0 Å². The Labute approximate surface area is 117 Å². The van der Waals surface area contributed by atoms with Gasteiger partial charge in [0.25, 0.3) is 0 Å². The molecule has 0 amide bonds. The Hall–Kier alpha value is -2.33. The fourth-order valence-electron chi connectivity index (χ4n) is 2.14. The van der Waals surface area contributed by atoms with E-state index in [1.165, 1.54) is 0 Å². The van der Waals surface area contributed by atoms with Crippen LogP contribution in [0, 0.1) is 6.92 Å². The molecule has 3 rings (SSSR count). The molecule has 0 fully saturated rings. The molecular weight excluding hydrogens is 252 g/mol. The number of nitrogens with one attached hydrogen (secondary N) is 1. The molecule has 3 aromatic rings. The van der Waals surface area contributed by atoms with Gasteiger partial charge in [0.15, 0.2) is 5.58 Å². The molecule has 1 aromatic heterocycles. The Morgan fingerprint density at radius 3 is 2.65 bits per heavy atom. The Kier molecular flexibility index (Phi) is 3.39. The lowest BCUT2D eigenvalue weighted by Crippen LogP contribution is -2.04. The maximum absolute atomic E-state index is 8.78. The largest absolute Gasteiger partial charge is 0.436 e. The number of para-hydroxylation sites is 1. The summed E-state index contributed by atoms with van der Waals surface area (Å²) in [5, 5.41) is 11.9. The third kappa shape index (κ3) is 2.38. The first kappa shape index (κ1) is 12.7. The Morgan fingerprint density at radius 1 is 1.15 bits per heavy atom. The summed E-state index contributed by atoms with van der Waals surface area (Å²) in [5.41, 5.74) is 4.73. The first-order valence-electron chi connectivity index (χ1n) is 6.59. The highest BCUT2D eigenvalue weighted by atomic mass is 16.3. The van der Waals surface area contributed by atoms with Gasteiger partial charge in [0, 0.05) is 17.8 Å². The first-order valence-corrected chi connectivity index (χ1v) is 6.59. The zero-order chi connectivity index (χ0) is 13.9. The molecule has 0 aliphatic carbocycles. The van der Waals surface area contributed by atoms with Gasteiger partial charge in [-0.25, -0.2) is 4.98 Å². The third-order valence-corrected chi connectivity index (χ3v) is 3.19. The predicted octanol–water partition coefficient (Wildman–Crippen LogP) is 3.21. The van der Waals surface area contributed by atoms with Gasteiger partial charge < -0.3 is 14.8 Å². The van der Waals surface area contributed by atoms with Crippen molar-refractivity contribution >= 4 is 16.8 Å². The van der Waals surface area contributed by atoms with E-state index >= 15 is 0 Å². The number of rotatable bonds is 4. The average Bonchev–Trinajstić information content (AvgIpc) is 2.91. The maximum atomic E-state index is 8.78. The van der Waals surface area contributed by atoms with Crippen LogP contribution in [0.1, 0.15) is 5.56 Å². The molecule has 20 heavy (non-hydrogen) atoms. The zero-order valence-corrected chi connectivity index (χ0v) is 11.3. The molecule has 2 aromatic carbocycles. The van der Waals surface area contributed by atoms with E-state index in [0.717, 1.165) is 27.9 Å². The van der Waals surface area contributed by atoms with Crippen molar-refractivity contribution in [3.8, 4) is 11.5 Å². The highest BCUT2D eigenvalue weighted by Crippen LogP contribution is 2.26. The van der Waals surface area contributed by atoms with Crippen molar-refractivity contribution in [3.05, 3.63) is 48.0 Å². The van der Waals surface area contributed by atoms with Crippen LogP contribution in [0.15, 0.2) is 46.9 Å². The third-order valence-electron chi connectivity index (χ3n) is 3.19. The smallest absolute Gasteiger partial charge is 0.227 e. The van der Waals surface area contributed by atoms with E-state index < -0.39 is 0 Å². The lowest BCUT2D eigenvalue weighted by atomic mass is 10.2. The second kappa shape index (κ2) is 5.35. The molecule has 4 nitrogen and oxygen atoms in total. The fourth-order valence-corrected chi connectivity index (χ4v) is 2.14. The Bertz CT molecular complexity index is 717. The van der Waals surface area contributed by atoms with Crippen molar-refractivity contribution in [2.24, 2.45) is 0 Å². The molecule has 2 N–H and O–H groups in total. The minimum Gasteiger partial charge on any atom is -0.436 e. The number of oxazole rings is 1. The SMILES string of the molecule is Cc1cccc2oc(-c3ccc(NCCO)cc3)nc12. The number of aliphatic hydroxyl groups is 1. The van der Waals surface area contributed by atoms with E-state index in [0.29, 0.717) is 12.4 Å². The molecule has 0 aliphatic rings. The standard InChI is InChI=1S/C16H16N2O2/c1-11-3-2-4-14-15(11)18-16(20-14)12-5-7-13(8-6-12)17-9-10-19/h2-8,17,19H,9-10H2,1H3. The monoisotopic (exact) mass is 268 g/mol. The van der Waals surface area contributed by atoms with Crippen molar-refractivity contribution < 1.29 is 9.52 Å². The molecule has 0 atom stereocenters. The van der Waals surface area contributed by atoms with Gasteiger partial charge in [-0.1, -0.05) is 12.1 Å². The molecule has 0 saturated carbocycles. The average molecular weight is 268 g/mol. The summed E-state index contributed by atoms with van der Waals surface area (Å²) in [4.78, 5) is 4.55. The van der Waals surface area contributed by atoms with Gasteiger partial charge in [0.05, 0.1) is 6.61 Å². The van der Waals surface area contributed by atoms with E-state index in [1.807, 2.05) is 49.4 Å². The highest BCUT2D eigenvalue weighted by molar-refractivity contribution is 5.79. The summed E-state index contributed by atoms with van der Waals surface area (Å²) < 4.78 is 5.78. The summed E-state index contributed by atoms with van der Waals surface area (Å²) in [6.07, 6.45) is 0. The predicted molar refractivity (Wildman–Crippen MR) is 79.8 cm³/mol. The number of anilines is 1. The molecule has 0 bridgehead atoms. The normalized spacial score (nSPS) is 10.9. The van der Waals surface area contributed by atoms with Crippen LogP contribution in [-0.4, -0.2) is 23.2 Å². The van der Waals surface area contributed by atoms with Crippen LogP contribution in [0.3, 0.4) is 0 Å². The van der Waals surface area contributed by atoms with Crippen molar-refractivity contribution in [3.63, 3.8) is 0 Å². The Balaban J connectivity index is 1.92. The lowest BCUT2D eigenvalue weighted by molar-refractivity contribution is 0.311. The van der Waals surface area contributed by atoms with Crippen LogP contribution in [0.2, 0.25) is 0 Å². The highest BCUT2D eigenvalue weighted by Gasteiger charge is 2.09. The minimum atomic E-state index is 0.117. The van der Waals surface area contributed by atoms with E-state index in [4.69, 9.17) is 9.52 Å². The lowest BCUT2D eigenvalue weighted by Gasteiger charge is -2.04. The zero-order valence-electron chi connectivity index (χ0n) is 11.3. The summed E-state index contributed by atoms with van der Waals surface area (Å²) in [5.74, 6) is 0.628. The van der Waals surface area contributed by atoms with Crippen LogP contribution < -0.4 is 5.32 Å². The Morgan fingerprint density at radius 2 is 1.95 bits per heavy atom. The van der Waals surface area contributed by atoms with Crippen LogP contribution in [0.4, 0.5) is 5.69 Å². The van der Waals surface area contributed by atoms with E-state index in [2.05, 4.69) is 10.3 Å².